The predicted octanol–water partition coefficient (Wildman–Crippen LogP) is 0.148. The number of aromatic nitrogens is 2. The van der Waals surface area contributed by atoms with Gasteiger partial charge in [-0.3, -0.25) is 0 Å². The van der Waals surface area contributed by atoms with Crippen molar-refractivity contribution in [2.24, 2.45) is 7.05 Å². The van der Waals surface area contributed by atoms with Crippen molar-refractivity contribution in [3.63, 3.8) is 0 Å². The van der Waals surface area contributed by atoms with Crippen LogP contribution in [0.3, 0.4) is 0 Å². The molecule has 1 fully saturated rings. The van der Waals surface area contributed by atoms with Gasteiger partial charge in [-0.2, -0.15) is 0 Å². The minimum absolute atomic E-state index is 0.664. The van der Waals surface area contributed by atoms with E-state index in [1.165, 1.54) is 0 Å². The molecule has 0 aromatic carbocycles. The highest BCUT2D eigenvalue weighted by Crippen LogP contribution is 2.14. The molecule has 1 aromatic heterocycles. The van der Waals surface area contributed by atoms with Gasteiger partial charge in [-0.1, -0.05) is 0 Å². The van der Waals surface area contributed by atoms with Gasteiger partial charge in [0.15, 0.2) is 5.03 Å². The molecule has 0 amide bonds. The Morgan fingerprint density at radius 3 is 2.75 bits per heavy atom. The fourth-order valence-corrected chi connectivity index (χ4v) is 2.31. The SMILES string of the molecule is Cn1cnc(S(=O)N2CCC2)c1. The van der Waals surface area contributed by atoms with E-state index in [-0.39, 0.29) is 0 Å². The summed E-state index contributed by atoms with van der Waals surface area (Å²) in [7, 11) is 0.860. The second-order valence-electron chi connectivity index (χ2n) is 2.91. The lowest BCUT2D eigenvalue weighted by molar-refractivity contribution is 0.327. The molecular weight excluding hydrogens is 174 g/mol. The van der Waals surface area contributed by atoms with E-state index in [1.54, 1.807) is 12.5 Å². The van der Waals surface area contributed by atoms with E-state index in [1.807, 2.05) is 15.9 Å². The van der Waals surface area contributed by atoms with E-state index in [4.69, 9.17) is 0 Å². The lowest BCUT2D eigenvalue weighted by Crippen LogP contribution is -2.38. The first kappa shape index (κ1) is 7.94. The van der Waals surface area contributed by atoms with E-state index in [2.05, 4.69) is 4.98 Å². The van der Waals surface area contributed by atoms with Gasteiger partial charge >= 0.3 is 0 Å². The molecule has 0 N–H and O–H groups in total. The lowest BCUT2D eigenvalue weighted by Gasteiger charge is -2.27. The Morgan fingerprint density at radius 1 is 1.58 bits per heavy atom. The highest BCUT2D eigenvalue weighted by molar-refractivity contribution is 7.82. The van der Waals surface area contributed by atoms with Crippen LogP contribution in [0.4, 0.5) is 0 Å². The Morgan fingerprint density at radius 2 is 2.33 bits per heavy atom. The van der Waals surface area contributed by atoms with Crippen molar-refractivity contribution in [3.05, 3.63) is 12.5 Å². The maximum absolute atomic E-state index is 11.6. The van der Waals surface area contributed by atoms with E-state index in [0.717, 1.165) is 19.5 Å². The van der Waals surface area contributed by atoms with Crippen LogP contribution in [0.5, 0.6) is 0 Å². The van der Waals surface area contributed by atoms with Crippen LogP contribution in [0.15, 0.2) is 17.6 Å². The van der Waals surface area contributed by atoms with Crippen LogP contribution in [-0.2, 0) is 18.0 Å². The highest BCUT2D eigenvalue weighted by Gasteiger charge is 2.22. The van der Waals surface area contributed by atoms with Crippen molar-refractivity contribution in [2.75, 3.05) is 13.1 Å². The third kappa shape index (κ3) is 1.30. The van der Waals surface area contributed by atoms with Gasteiger partial charge in [0.1, 0.15) is 11.0 Å². The Balaban J connectivity index is 2.13. The normalized spacial score (nSPS) is 20.4. The first-order chi connectivity index (χ1) is 5.77. The van der Waals surface area contributed by atoms with Crippen molar-refractivity contribution < 1.29 is 4.21 Å². The summed E-state index contributed by atoms with van der Waals surface area (Å²) in [6.45, 7) is 1.87. The quantitative estimate of drug-likeness (QED) is 0.657. The lowest BCUT2D eigenvalue weighted by atomic mass is 10.3. The molecule has 2 rings (SSSR count). The van der Waals surface area contributed by atoms with Gasteiger partial charge in [0.05, 0.1) is 6.33 Å². The predicted molar refractivity (Wildman–Crippen MR) is 45.8 cm³/mol. The molecule has 4 nitrogen and oxygen atoms in total. The molecule has 1 aromatic rings. The molecule has 0 spiro atoms. The first-order valence-electron chi connectivity index (χ1n) is 3.92. The van der Waals surface area contributed by atoms with Crippen LogP contribution >= 0.6 is 0 Å². The summed E-state index contributed by atoms with van der Waals surface area (Å²) in [5.74, 6) is 0. The smallest absolute Gasteiger partial charge is 0.160 e. The average Bonchev–Trinajstić information content (AvgIpc) is 2.31. The Bertz CT molecular complexity index is 305. The molecule has 1 aliphatic heterocycles. The molecule has 0 bridgehead atoms. The second kappa shape index (κ2) is 2.99. The molecule has 0 saturated carbocycles. The molecular formula is C7H11N3OS. The zero-order chi connectivity index (χ0) is 8.55. The third-order valence-electron chi connectivity index (χ3n) is 1.91. The van der Waals surface area contributed by atoms with E-state index in [0.29, 0.717) is 5.03 Å². The van der Waals surface area contributed by atoms with Gasteiger partial charge in [-0.15, -0.1) is 0 Å². The maximum Gasteiger partial charge on any atom is 0.160 e. The molecule has 1 saturated heterocycles. The molecule has 2 heterocycles. The molecule has 1 unspecified atom stereocenters. The number of hydrogen-bond donors (Lipinski definition) is 0. The molecule has 66 valence electrons. The van der Waals surface area contributed by atoms with Crippen LogP contribution in [0.1, 0.15) is 6.42 Å². The number of hydrogen-bond acceptors (Lipinski definition) is 2. The fraction of sp³-hybridized carbons (Fsp3) is 0.571. The molecule has 5 heteroatoms. The van der Waals surface area contributed by atoms with Crippen LogP contribution in [-0.4, -0.2) is 31.2 Å². The molecule has 12 heavy (non-hydrogen) atoms. The first-order valence-corrected chi connectivity index (χ1v) is 5.03. The van der Waals surface area contributed by atoms with Gasteiger partial charge in [-0.05, 0) is 6.42 Å². The molecule has 0 aliphatic carbocycles. The largest absolute Gasteiger partial charge is 0.339 e. The van der Waals surface area contributed by atoms with Crippen molar-refractivity contribution in [2.45, 2.75) is 11.4 Å². The highest BCUT2D eigenvalue weighted by atomic mass is 32.2. The summed E-state index contributed by atoms with van der Waals surface area (Å²) in [6.07, 6.45) is 4.63. The summed E-state index contributed by atoms with van der Waals surface area (Å²) < 4.78 is 15.3. The maximum atomic E-state index is 11.6. The molecule has 1 aliphatic rings. The second-order valence-corrected chi connectivity index (χ2v) is 4.34. The average molecular weight is 185 g/mol. The van der Waals surface area contributed by atoms with E-state index in [9.17, 15) is 4.21 Å². The standard InChI is InChI=1S/C7H11N3OS/c1-9-5-7(8-6-9)12(11)10-3-2-4-10/h5-6H,2-4H2,1H3. The number of nitrogens with zero attached hydrogens (tertiary/aromatic N) is 3. The monoisotopic (exact) mass is 185 g/mol. The molecule has 0 radical (unpaired) electrons. The summed E-state index contributed by atoms with van der Waals surface area (Å²) in [5.41, 5.74) is 0. The summed E-state index contributed by atoms with van der Waals surface area (Å²) in [6, 6.07) is 0. The number of aryl methyl sites for hydroxylation is 1. The van der Waals surface area contributed by atoms with Crippen molar-refractivity contribution >= 4 is 11.0 Å². The van der Waals surface area contributed by atoms with E-state index >= 15 is 0 Å². The third-order valence-corrected chi connectivity index (χ3v) is 3.31. The van der Waals surface area contributed by atoms with Gasteiger partial charge in [-0.25, -0.2) is 13.5 Å². The molecule has 1 atom stereocenters. The number of rotatable bonds is 2. The summed E-state index contributed by atoms with van der Waals surface area (Å²) in [5, 5.41) is 0.664. The topological polar surface area (TPSA) is 38.1 Å². The van der Waals surface area contributed by atoms with Crippen molar-refractivity contribution in [3.8, 4) is 0 Å². The van der Waals surface area contributed by atoms with Crippen molar-refractivity contribution in [1.29, 1.82) is 0 Å². The fourth-order valence-electron chi connectivity index (χ4n) is 1.06. The van der Waals surface area contributed by atoms with Gasteiger partial charge in [0.2, 0.25) is 0 Å². The van der Waals surface area contributed by atoms with Crippen LogP contribution in [0.2, 0.25) is 0 Å². The minimum Gasteiger partial charge on any atom is -0.339 e. The van der Waals surface area contributed by atoms with Crippen LogP contribution in [0, 0.1) is 0 Å². The van der Waals surface area contributed by atoms with Crippen LogP contribution in [0.25, 0.3) is 0 Å². The van der Waals surface area contributed by atoms with Gasteiger partial charge in [0, 0.05) is 26.3 Å². The Kier molecular flexibility index (Phi) is 1.98. The zero-order valence-electron chi connectivity index (χ0n) is 6.93. The Hall–Kier alpha value is -0.680. The number of imidazole rings is 1. The van der Waals surface area contributed by atoms with E-state index < -0.39 is 11.0 Å². The van der Waals surface area contributed by atoms with Crippen LogP contribution < -0.4 is 0 Å². The van der Waals surface area contributed by atoms with Gasteiger partial charge < -0.3 is 4.57 Å². The zero-order valence-corrected chi connectivity index (χ0v) is 7.75. The minimum atomic E-state index is -1.02. The summed E-state index contributed by atoms with van der Waals surface area (Å²) in [4.78, 5) is 4.04. The van der Waals surface area contributed by atoms with Crippen molar-refractivity contribution in [1.82, 2.24) is 13.9 Å². The summed E-state index contributed by atoms with van der Waals surface area (Å²) >= 11 is 0. The van der Waals surface area contributed by atoms with Gasteiger partial charge in [0.25, 0.3) is 0 Å². The Labute approximate surface area is 73.8 Å².